The summed E-state index contributed by atoms with van der Waals surface area (Å²) in [6.07, 6.45) is 1.46. The average Bonchev–Trinajstić information content (AvgIpc) is 2.38. The van der Waals surface area contributed by atoms with E-state index in [4.69, 9.17) is 33.1 Å². The van der Waals surface area contributed by atoms with Gasteiger partial charge in [0, 0.05) is 10.0 Å². The van der Waals surface area contributed by atoms with Crippen molar-refractivity contribution in [3.63, 3.8) is 0 Å². The van der Waals surface area contributed by atoms with Crippen LogP contribution in [-0.4, -0.2) is 17.3 Å². The molecule has 0 spiro atoms. The van der Waals surface area contributed by atoms with Crippen LogP contribution in [0.25, 0.3) is 0 Å². The van der Waals surface area contributed by atoms with Gasteiger partial charge >= 0.3 is 5.97 Å². The molecular weight excluding hydrogens is 301 g/mol. The molecule has 2 aromatic carbocycles. The van der Waals surface area contributed by atoms with Crippen molar-refractivity contribution in [1.82, 2.24) is 0 Å². The van der Waals surface area contributed by atoms with Gasteiger partial charge < -0.3 is 9.94 Å². The fourth-order valence-electron chi connectivity index (χ4n) is 1.46. The normalized spacial score (nSPS) is 10.7. The number of hydrogen-bond acceptors (Lipinski definition) is 3. The smallest absolute Gasteiger partial charge is 0.335 e. The van der Waals surface area contributed by atoms with Crippen LogP contribution in [0.1, 0.15) is 15.9 Å². The molecule has 2 rings (SSSR count). The third kappa shape index (κ3) is 3.98. The largest absolute Gasteiger partial charge is 0.478 e. The van der Waals surface area contributed by atoms with Gasteiger partial charge in [0.2, 0.25) is 0 Å². The van der Waals surface area contributed by atoms with Crippen LogP contribution in [-0.2, 0) is 0 Å². The molecule has 20 heavy (non-hydrogen) atoms. The van der Waals surface area contributed by atoms with Gasteiger partial charge in [-0.2, -0.15) is 0 Å². The highest BCUT2D eigenvalue weighted by Gasteiger charge is 2.01. The molecule has 0 heterocycles. The van der Waals surface area contributed by atoms with E-state index in [-0.39, 0.29) is 5.56 Å². The summed E-state index contributed by atoms with van der Waals surface area (Å²) in [5.74, 6) is -0.562. The van der Waals surface area contributed by atoms with E-state index < -0.39 is 5.97 Å². The van der Waals surface area contributed by atoms with Gasteiger partial charge in [0.05, 0.1) is 11.8 Å². The van der Waals surface area contributed by atoms with Crippen LogP contribution in [0, 0.1) is 0 Å². The second-order valence-electron chi connectivity index (χ2n) is 3.86. The first-order valence-electron chi connectivity index (χ1n) is 5.54. The fourth-order valence-corrected chi connectivity index (χ4v) is 2.00. The molecule has 1 N–H and O–H groups in total. The second kappa shape index (κ2) is 6.41. The van der Waals surface area contributed by atoms with Crippen LogP contribution in [0.3, 0.4) is 0 Å². The molecule has 102 valence electrons. The van der Waals surface area contributed by atoms with Crippen molar-refractivity contribution < 1.29 is 14.7 Å². The lowest BCUT2D eigenvalue weighted by atomic mass is 10.2. The van der Waals surface area contributed by atoms with Crippen LogP contribution >= 0.6 is 23.2 Å². The Hall–Kier alpha value is -2.04. The Kier molecular flexibility index (Phi) is 4.61. The number of rotatable bonds is 4. The number of oxime groups is 1. The highest BCUT2D eigenvalue weighted by molar-refractivity contribution is 6.35. The molecule has 0 saturated heterocycles. The Morgan fingerprint density at radius 1 is 1.10 bits per heavy atom. The van der Waals surface area contributed by atoms with E-state index >= 15 is 0 Å². The molecule has 0 unspecified atom stereocenters. The molecule has 0 amide bonds. The van der Waals surface area contributed by atoms with E-state index in [1.165, 1.54) is 30.5 Å². The molecule has 0 saturated carbocycles. The van der Waals surface area contributed by atoms with E-state index in [1.54, 1.807) is 18.2 Å². The molecule has 2 aromatic rings. The van der Waals surface area contributed by atoms with Gasteiger partial charge in [0.1, 0.15) is 0 Å². The molecule has 0 aromatic heterocycles. The Labute approximate surface area is 125 Å². The summed E-state index contributed by atoms with van der Waals surface area (Å²) in [7, 11) is 0. The van der Waals surface area contributed by atoms with Crippen molar-refractivity contribution in [3.05, 3.63) is 63.6 Å². The van der Waals surface area contributed by atoms with Gasteiger partial charge in [0.25, 0.3) is 0 Å². The van der Waals surface area contributed by atoms with Crippen molar-refractivity contribution in [2.24, 2.45) is 5.16 Å². The van der Waals surface area contributed by atoms with Gasteiger partial charge in [0.15, 0.2) is 5.75 Å². The summed E-state index contributed by atoms with van der Waals surface area (Å²) in [5.41, 5.74) is 0.882. The van der Waals surface area contributed by atoms with Gasteiger partial charge in [-0.15, -0.1) is 0 Å². The lowest BCUT2D eigenvalue weighted by Crippen LogP contribution is -1.95. The zero-order chi connectivity index (χ0) is 14.5. The van der Waals surface area contributed by atoms with E-state index in [1.807, 2.05) is 0 Å². The number of carboxylic acid groups (broad SMARTS) is 1. The van der Waals surface area contributed by atoms with E-state index in [9.17, 15) is 4.79 Å². The van der Waals surface area contributed by atoms with Crippen LogP contribution in [0.4, 0.5) is 0 Å². The summed E-state index contributed by atoms with van der Waals surface area (Å²) >= 11 is 11.7. The zero-order valence-electron chi connectivity index (χ0n) is 10.1. The Bertz CT molecular complexity index is 634. The molecule has 4 nitrogen and oxygen atoms in total. The predicted octanol–water partition coefficient (Wildman–Crippen LogP) is 4.10. The summed E-state index contributed by atoms with van der Waals surface area (Å²) in [5, 5.41) is 13.5. The van der Waals surface area contributed by atoms with Crippen LogP contribution < -0.4 is 4.84 Å². The number of carboxylic acids is 1. The number of benzene rings is 2. The first kappa shape index (κ1) is 14.4. The third-order valence-corrected chi connectivity index (χ3v) is 2.78. The highest BCUT2D eigenvalue weighted by Crippen LogP contribution is 2.18. The Balaban J connectivity index is 2.04. The highest BCUT2D eigenvalue weighted by atomic mass is 35.5. The average molecular weight is 310 g/mol. The quantitative estimate of drug-likeness (QED) is 0.683. The molecule has 0 bridgehead atoms. The number of nitrogens with zero attached hydrogens (tertiary/aromatic N) is 1. The van der Waals surface area contributed by atoms with E-state index in [0.29, 0.717) is 21.4 Å². The first-order chi connectivity index (χ1) is 9.54. The topological polar surface area (TPSA) is 58.9 Å². The van der Waals surface area contributed by atoms with Crippen molar-refractivity contribution in [2.75, 3.05) is 0 Å². The molecule has 0 aliphatic carbocycles. The van der Waals surface area contributed by atoms with E-state index in [0.717, 1.165) is 0 Å². The second-order valence-corrected chi connectivity index (χ2v) is 4.73. The molecule has 0 fully saturated rings. The number of halogens is 2. The van der Waals surface area contributed by atoms with Crippen molar-refractivity contribution in [2.45, 2.75) is 0 Å². The zero-order valence-corrected chi connectivity index (χ0v) is 11.6. The summed E-state index contributed by atoms with van der Waals surface area (Å²) in [6.45, 7) is 0. The maximum atomic E-state index is 10.7. The molecule has 0 aliphatic heterocycles. The van der Waals surface area contributed by atoms with Crippen LogP contribution in [0.5, 0.6) is 5.75 Å². The molecular formula is C14H9Cl2NO3. The minimum atomic E-state index is -0.992. The van der Waals surface area contributed by atoms with Gasteiger partial charge in [-0.1, -0.05) is 28.4 Å². The first-order valence-corrected chi connectivity index (χ1v) is 6.30. The van der Waals surface area contributed by atoms with Gasteiger partial charge in [-0.3, -0.25) is 0 Å². The number of carbonyl (C=O) groups is 1. The molecule has 0 aliphatic rings. The summed E-state index contributed by atoms with van der Waals surface area (Å²) in [4.78, 5) is 15.8. The lowest BCUT2D eigenvalue weighted by molar-refractivity contribution is 0.0697. The maximum absolute atomic E-state index is 10.7. The fraction of sp³-hybridized carbons (Fsp3) is 0. The molecule has 0 atom stereocenters. The van der Waals surface area contributed by atoms with Crippen LogP contribution in [0.2, 0.25) is 10.0 Å². The van der Waals surface area contributed by atoms with Crippen molar-refractivity contribution >= 4 is 35.4 Å². The van der Waals surface area contributed by atoms with Crippen molar-refractivity contribution in [1.29, 1.82) is 0 Å². The number of hydrogen-bond donors (Lipinski definition) is 1. The summed E-state index contributed by atoms with van der Waals surface area (Å²) < 4.78 is 0. The van der Waals surface area contributed by atoms with Gasteiger partial charge in [-0.05, 0) is 48.0 Å². The Morgan fingerprint density at radius 2 is 1.70 bits per heavy atom. The maximum Gasteiger partial charge on any atom is 0.335 e. The van der Waals surface area contributed by atoms with Crippen LogP contribution in [0.15, 0.2) is 47.6 Å². The predicted molar refractivity (Wildman–Crippen MR) is 78.1 cm³/mol. The third-order valence-electron chi connectivity index (χ3n) is 2.35. The van der Waals surface area contributed by atoms with E-state index in [2.05, 4.69) is 5.16 Å². The van der Waals surface area contributed by atoms with Gasteiger partial charge in [-0.25, -0.2) is 4.79 Å². The Morgan fingerprint density at radius 3 is 2.25 bits per heavy atom. The SMILES string of the molecule is O=C(O)c1ccc(O/N=C\c2cc(Cl)cc(Cl)c2)cc1. The minimum Gasteiger partial charge on any atom is -0.478 e. The number of aromatic carboxylic acids is 1. The summed E-state index contributed by atoms with van der Waals surface area (Å²) in [6, 6.07) is 10.9. The molecule has 0 radical (unpaired) electrons. The monoisotopic (exact) mass is 309 g/mol. The standard InChI is InChI=1S/C14H9Cl2NO3/c15-11-5-9(6-12(16)7-11)8-17-20-13-3-1-10(2-4-13)14(18)19/h1-8H,(H,18,19)/b17-8-. The molecule has 6 heteroatoms. The minimum absolute atomic E-state index is 0.183. The lowest BCUT2D eigenvalue weighted by Gasteiger charge is -1.99. The van der Waals surface area contributed by atoms with Crippen molar-refractivity contribution in [3.8, 4) is 5.75 Å².